The molecule has 0 amide bonds. The van der Waals surface area contributed by atoms with Crippen LogP contribution in [0.4, 0.5) is 0 Å². The van der Waals surface area contributed by atoms with Crippen LogP contribution in [-0.4, -0.2) is 23.9 Å². The fourth-order valence-electron chi connectivity index (χ4n) is 3.61. The van der Waals surface area contributed by atoms with Gasteiger partial charge in [0.05, 0.1) is 6.61 Å². The molecule has 116 valence electrons. The molecule has 2 aliphatic rings. The summed E-state index contributed by atoms with van der Waals surface area (Å²) >= 11 is 0. The molecule has 2 N–H and O–H groups in total. The maximum atomic E-state index is 10.2. The van der Waals surface area contributed by atoms with Gasteiger partial charge in [0.1, 0.15) is 17.1 Å². The Bertz CT molecular complexity index is 537. The predicted molar refractivity (Wildman–Crippen MR) is 81.6 cm³/mol. The lowest BCUT2D eigenvalue weighted by atomic mass is 9.67. The molecular formula is C17H25NO3. The van der Waals surface area contributed by atoms with Crippen molar-refractivity contribution in [3.63, 3.8) is 0 Å². The molecule has 0 aromatic heterocycles. The standard InChI is InChI=1S/C17H25NO3/c1-4-20-18-10-13-9-14-12(3)16(19)11(2)8-15(14)21-17(13)6-5-7-17/h8,13,18-19H,4-7,9-10H2,1-3H3. The highest BCUT2D eigenvalue weighted by Gasteiger charge is 2.49. The van der Waals surface area contributed by atoms with Crippen molar-refractivity contribution in [1.82, 2.24) is 5.48 Å². The van der Waals surface area contributed by atoms with Gasteiger partial charge in [-0.15, -0.1) is 0 Å². The quantitative estimate of drug-likeness (QED) is 0.661. The number of aromatic hydroxyl groups is 1. The van der Waals surface area contributed by atoms with E-state index < -0.39 is 0 Å². The number of aryl methyl sites for hydroxylation is 1. The summed E-state index contributed by atoms with van der Waals surface area (Å²) in [5.41, 5.74) is 6.03. The van der Waals surface area contributed by atoms with Gasteiger partial charge in [-0.2, -0.15) is 0 Å². The van der Waals surface area contributed by atoms with E-state index in [1.54, 1.807) is 0 Å². The maximum Gasteiger partial charge on any atom is 0.124 e. The molecule has 1 saturated carbocycles. The molecule has 1 fully saturated rings. The molecular weight excluding hydrogens is 266 g/mol. The minimum Gasteiger partial charge on any atom is -0.507 e. The van der Waals surface area contributed by atoms with Gasteiger partial charge < -0.3 is 14.7 Å². The number of fused-ring (bicyclic) bond motifs is 1. The summed E-state index contributed by atoms with van der Waals surface area (Å²) in [6.45, 7) is 7.35. The highest BCUT2D eigenvalue weighted by molar-refractivity contribution is 5.53. The number of phenolic OH excluding ortho intramolecular Hbond substituents is 1. The fourth-order valence-corrected chi connectivity index (χ4v) is 3.61. The Morgan fingerprint density at radius 2 is 2.19 bits per heavy atom. The van der Waals surface area contributed by atoms with Crippen molar-refractivity contribution in [2.45, 2.75) is 52.1 Å². The van der Waals surface area contributed by atoms with E-state index >= 15 is 0 Å². The van der Waals surface area contributed by atoms with Gasteiger partial charge in [-0.1, -0.05) is 0 Å². The van der Waals surface area contributed by atoms with Gasteiger partial charge in [0.2, 0.25) is 0 Å². The summed E-state index contributed by atoms with van der Waals surface area (Å²) in [5.74, 6) is 1.76. The summed E-state index contributed by atoms with van der Waals surface area (Å²) < 4.78 is 6.41. The molecule has 1 atom stereocenters. The van der Waals surface area contributed by atoms with Gasteiger partial charge in [-0.25, -0.2) is 5.48 Å². The molecule has 4 heteroatoms. The van der Waals surface area contributed by atoms with E-state index in [2.05, 4.69) is 5.48 Å². The van der Waals surface area contributed by atoms with Gasteiger partial charge in [0.15, 0.2) is 0 Å². The average molecular weight is 291 g/mol. The Morgan fingerprint density at radius 1 is 1.43 bits per heavy atom. The number of nitrogens with one attached hydrogen (secondary N) is 1. The Morgan fingerprint density at radius 3 is 2.81 bits per heavy atom. The molecule has 1 aliphatic carbocycles. The molecule has 1 aromatic carbocycles. The molecule has 0 saturated heterocycles. The third-order valence-corrected chi connectivity index (χ3v) is 5.11. The number of rotatable bonds is 4. The van der Waals surface area contributed by atoms with E-state index in [1.807, 2.05) is 26.8 Å². The Labute approximate surface area is 126 Å². The van der Waals surface area contributed by atoms with Crippen molar-refractivity contribution < 1.29 is 14.7 Å². The van der Waals surface area contributed by atoms with Crippen LogP contribution >= 0.6 is 0 Å². The number of phenols is 1. The van der Waals surface area contributed by atoms with Crippen molar-refractivity contribution in [3.8, 4) is 11.5 Å². The van der Waals surface area contributed by atoms with Crippen molar-refractivity contribution in [3.05, 3.63) is 22.8 Å². The zero-order valence-electron chi connectivity index (χ0n) is 13.2. The molecule has 1 aliphatic heterocycles. The number of benzene rings is 1. The Hall–Kier alpha value is -1.26. The Balaban J connectivity index is 1.89. The van der Waals surface area contributed by atoms with Crippen LogP contribution in [-0.2, 0) is 11.3 Å². The summed E-state index contributed by atoms with van der Waals surface area (Å²) in [4.78, 5) is 5.30. The van der Waals surface area contributed by atoms with Crippen LogP contribution < -0.4 is 10.2 Å². The SMILES string of the molecule is CCONCC1Cc2c(cc(C)c(O)c2C)OC12CCC2. The van der Waals surface area contributed by atoms with E-state index in [0.29, 0.717) is 18.3 Å². The molecule has 1 aromatic rings. The topological polar surface area (TPSA) is 50.7 Å². The zero-order valence-corrected chi connectivity index (χ0v) is 13.2. The largest absolute Gasteiger partial charge is 0.507 e. The normalized spacial score (nSPS) is 22.5. The van der Waals surface area contributed by atoms with Crippen LogP contribution in [0.15, 0.2) is 6.07 Å². The lowest BCUT2D eigenvalue weighted by Crippen LogP contribution is -2.55. The summed E-state index contributed by atoms with van der Waals surface area (Å²) in [6.07, 6.45) is 4.40. The van der Waals surface area contributed by atoms with Gasteiger partial charge in [0, 0.05) is 18.0 Å². The summed E-state index contributed by atoms with van der Waals surface area (Å²) in [5, 5.41) is 10.2. The molecule has 1 spiro atoms. The molecule has 4 nitrogen and oxygen atoms in total. The van der Waals surface area contributed by atoms with Crippen molar-refractivity contribution in [2.24, 2.45) is 5.92 Å². The van der Waals surface area contributed by atoms with Crippen LogP contribution in [0, 0.1) is 19.8 Å². The van der Waals surface area contributed by atoms with E-state index in [1.165, 1.54) is 6.42 Å². The second kappa shape index (κ2) is 5.50. The lowest BCUT2D eigenvalue weighted by molar-refractivity contribution is -0.0854. The third-order valence-electron chi connectivity index (χ3n) is 5.11. The Kier molecular flexibility index (Phi) is 3.84. The highest BCUT2D eigenvalue weighted by Crippen LogP contribution is 2.50. The molecule has 1 heterocycles. The van der Waals surface area contributed by atoms with E-state index in [0.717, 1.165) is 48.2 Å². The van der Waals surface area contributed by atoms with Gasteiger partial charge in [-0.3, -0.25) is 0 Å². The first-order valence-electron chi connectivity index (χ1n) is 7.93. The zero-order chi connectivity index (χ0) is 15.0. The van der Waals surface area contributed by atoms with Crippen LogP contribution in [0.25, 0.3) is 0 Å². The molecule has 3 rings (SSSR count). The first kappa shape index (κ1) is 14.7. The van der Waals surface area contributed by atoms with Crippen LogP contribution in [0.3, 0.4) is 0 Å². The number of hydroxylamine groups is 1. The number of hydrogen-bond acceptors (Lipinski definition) is 4. The second-order valence-corrected chi connectivity index (χ2v) is 6.35. The average Bonchev–Trinajstić information content (AvgIpc) is 2.43. The first-order valence-corrected chi connectivity index (χ1v) is 7.93. The van der Waals surface area contributed by atoms with E-state index in [9.17, 15) is 5.11 Å². The minimum atomic E-state index is -0.0348. The third kappa shape index (κ3) is 2.40. The van der Waals surface area contributed by atoms with Crippen molar-refractivity contribution in [1.29, 1.82) is 0 Å². The van der Waals surface area contributed by atoms with Gasteiger partial charge in [-0.05, 0) is 63.6 Å². The monoisotopic (exact) mass is 291 g/mol. The smallest absolute Gasteiger partial charge is 0.124 e. The maximum absolute atomic E-state index is 10.2. The first-order chi connectivity index (χ1) is 10.1. The van der Waals surface area contributed by atoms with Gasteiger partial charge in [0.25, 0.3) is 0 Å². The predicted octanol–water partition coefficient (Wildman–Crippen LogP) is 3.02. The molecule has 0 radical (unpaired) electrons. The van der Waals surface area contributed by atoms with Gasteiger partial charge >= 0.3 is 0 Å². The minimum absolute atomic E-state index is 0.0348. The van der Waals surface area contributed by atoms with Crippen molar-refractivity contribution in [2.75, 3.05) is 13.2 Å². The molecule has 21 heavy (non-hydrogen) atoms. The molecule has 1 unspecified atom stereocenters. The molecule has 0 bridgehead atoms. The highest BCUT2D eigenvalue weighted by atomic mass is 16.6. The van der Waals surface area contributed by atoms with E-state index in [-0.39, 0.29) is 5.60 Å². The van der Waals surface area contributed by atoms with Crippen molar-refractivity contribution >= 4 is 0 Å². The lowest BCUT2D eigenvalue weighted by Gasteiger charge is -2.51. The number of hydrogen-bond donors (Lipinski definition) is 2. The summed E-state index contributed by atoms with van der Waals surface area (Å²) in [7, 11) is 0. The second-order valence-electron chi connectivity index (χ2n) is 6.35. The fraction of sp³-hybridized carbons (Fsp3) is 0.647. The summed E-state index contributed by atoms with van der Waals surface area (Å²) in [6, 6.07) is 1.99. The number of ether oxygens (including phenoxy) is 1. The van der Waals surface area contributed by atoms with E-state index in [4.69, 9.17) is 9.57 Å². The van der Waals surface area contributed by atoms with Crippen LogP contribution in [0.1, 0.15) is 42.9 Å². The van der Waals surface area contributed by atoms with Crippen LogP contribution in [0.5, 0.6) is 11.5 Å². The van der Waals surface area contributed by atoms with Crippen LogP contribution in [0.2, 0.25) is 0 Å².